The molecule has 2 aromatic rings. The summed E-state index contributed by atoms with van der Waals surface area (Å²) in [5, 5.41) is 0.702. The second-order valence-corrected chi connectivity index (χ2v) is 8.20. The van der Waals surface area contributed by atoms with Crippen molar-refractivity contribution in [3.63, 3.8) is 0 Å². The summed E-state index contributed by atoms with van der Waals surface area (Å²) in [4.78, 5) is 26.3. The van der Waals surface area contributed by atoms with Crippen LogP contribution in [0.5, 0.6) is 0 Å². The van der Waals surface area contributed by atoms with E-state index in [9.17, 15) is 4.79 Å². The van der Waals surface area contributed by atoms with Crippen molar-refractivity contribution in [2.45, 2.75) is 52.9 Å². The number of anilines is 1. The van der Waals surface area contributed by atoms with E-state index in [1.54, 1.807) is 0 Å². The van der Waals surface area contributed by atoms with Crippen molar-refractivity contribution in [1.82, 2.24) is 14.9 Å². The van der Waals surface area contributed by atoms with E-state index < -0.39 is 0 Å². The minimum Gasteiger partial charge on any atom is -0.353 e. The summed E-state index contributed by atoms with van der Waals surface area (Å²) in [6, 6.07) is 7.62. The van der Waals surface area contributed by atoms with Gasteiger partial charge in [0.05, 0.1) is 0 Å². The fraction of sp³-hybridized carbons (Fsp3) is 0.522. The zero-order chi connectivity index (χ0) is 20.8. The number of carbonyl (C=O) groups excluding carboxylic acids is 1. The first-order valence-corrected chi connectivity index (χ1v) is 11.0. The van der Waals surface area contributed by atoms with Gasteiger partial charge in [-0.3, -0.25) is 4.79 Å². The van der Waals surface area contributed by atoms with Gasteiger partial charge in [0, 0.05) is 54.4 Å². The average Bonchev–Trinajstić information content (AvgIpc) is 2.73. The first-order chi connectivity index (χ1) is 14.0. The molecule has 0 N–H and O–H groups in total. The molecule has 1 saturated heterocycles. The maximum atomic E-state index is 12.5. The van der Waals surface area contributed by atoms with Gasteiger partial charge < -0.3 is 9.80 Å². The molecule has 0 radical (unpaired) electrons. The van der Waals surface area contributed by atoms with Crippen molar-refractivity contribution >= 4 is 23.3 Å². The number of halogens is 1. The highest BCUT2D eigenvalue weighted by Crippen LogP contribution is 2.26. The molecule has 29 heavy (non-hydrogen) atoms. The van der Waals surface area contributed by atoms with Gasteiger partial charge >= 0.3 is 0 Å². The third kappa shape index (κ3) is 5.47. The molecular formula is C23H31ClN4O. The molecule has 3 rings (SSSR count). The number of amides is 1. The Morgan fingerprint density at radius 1 is 1.00 bits per heavy atom. The van der Waals surface area contributed by atoms with E-state index in [4.69, 9.17) is 16.6 Å². The van der Waals surface area contributed by atoms with Crippen LogP contribution in [0.4, 0.5) is 5.82 Å². The van der Waals surface area contributed by atoms with Crippen LogP contribution in [-0.2, 0) is 4.79 Å². The van der Waals surface area contributed by atoms with Gasteiger partial charge in [0.1, 0.15) is 5.82 Å². The topological polar surface area (TPSA) is 49.3 Å². The minimum atomic E-state index is 0.290. The lowest BCUT2D eigenvalue weighted by molar-refractivity contribution is -0.131. The molecule has 0 spiro atoms. The van der Waals surface area contributed by atoms with Crippen molar-refractivity contribution in [3.05, 3.63) is 40.5 Å². The largest absolute Gasteiger partial charge is 0.353 e. The van der Waals surface area contributed by atoms with E-state index >= 15 is 0 Å². The molecule has 1 amide bonds. The van der Waals surface area contributed by atoms with Gasteiger partial charge in [-0.15, -0.1) is 0 Å². The zero-order valence-corrected chi connectivity index (χ0v) is 18.5. The Labute approximate surface area is 179 Å². The molecule has 0 aliphatic carbocycles. The van der Waals surface area contributed by atoms with Gasteiger partial charge in [-0.25, -0.2) is 9.97 Å². The van der Waals surface area contributed by atoms with E-state index in [-0.39, 0.29) is 5.91 Å². The van der Waals surface area contributed by atoms with Crippen molar-refractivity contribution in [3.8, 4) is 11.4 Å². The number of unbranched alkanes of at least 4 members (excludes halogenated alkanes) is 3. The molecule has 0 bridgehead atoms. The highest BCUT2D eigenvalue weighted by Gasteiger charge is 2.23. The number of piperazine rings is 1. The van der Waals surface area contributed by atoms with E-state index in [2.05, 4.69) is 23.7 Å². The lowest BCUT2D eigenvalue weighted by Crippen LogP contribution is -2.49. The van der Waals surface area contributed by atoms with Crippen molar-refractivity contribution < 1.29 is 4.79 Å². The quantitative estimate of drug-likeness (QED) is 0.596. The van der Waals surface area contributed by atoms with E-state index in [1.165, 1.54) is 12.8 Å². The summed E-state index contributed by atoms with van der Waals surface area (Å²) in [7, 11) is 0. The Bertz CT molecular complexity index is 830. The lowest BCUT2D eigenvalue weighted by atomic mass is 10.1. The van der Waals surface area contributed by atoms with Crippen molar-refractivity contribution in [1.29, 1.82) is 0 Å². The smallest absolute Gasteiger partial charge is 0.222 e. The van der Waals surface area contributed by atoms with Gasteiger partial charge in [0.2, 0.25) is 5.91 Å². The van der Waals surface area contributed by atoms with Gasteiger partial charge in [-0.2, -0.15) is 0 Å². The SMILES string of the molecule is CCCCCCC(=O)N1CCN(c2nc(-c3ccc(Cl)cc3)nc(C)c2C)CC1. The highest BCUT2D eigenvalue weighted by atomic mass is 35.5. The number of rotatable bonds is 7. The van der Waals surface area contributed by atoms with Crippen LogP contribution in [-0.4, -0.2) is 47.0 Å². The van der Waals surface area contributed by atoms with Crippen molar-refractivity contribution in [2.75, 3.05) is 31.1 Å². The summed E-state index contributed by atoms with van der Waals surface area (Å²) < 4.78 is 0. The molecule has 1 aliphatic rings. The Balaban J connectivity index is 1.67. The highest BCUT2D eigenvalue weighted by molar-refractivity contribution is 6.30. The first kappa shape index (κ1) is 21.6. The van der Waals surface area contributed by atoms with Crippen LogP contribution in [0.25, 0.3) is 11.4 Å². The first-order valence-electron chi connectivity index (χ1n) is 10.6. The Morgan fingerprint density at radius 3 is 2.34 bits per heavy atom. The summed E-state index contributed by atoms with van der Waals surface area (Å²) in [5.74, 6) is 1.98. The van der Waals surface area contributed by atoms with Gasteiger partial charge in [-0.1, -0.05) is 37.8 Å². The number of aromatic nitrogens is 2. The molecular weight excluding hydrogens is 384 g/mol. The molecule has 5 nitrogen and oxygen atoms in total. The van der Waals surface area contributed by atoms with Crippen LogP contribution in [0.15, 0.2) is 24.3 Å². The predicted molar refractivity (Wildman–Crippen MR) is 120 cm³/mol. The number of carbonyl (C=O) groups is 1. The molecule has 0 saturated carbocycles. The number of hydrogen-bond acceptors (Lipinski definition) is 4. The third-order valence-corrected chi connectivity index (χ3v) is 5.89. The van der Waals surface area contributed by atoms with Gasteiger partial charge in [0.25, 0.3) is 0 Å². The van der Waals surface area contributed by atoms with E-state index in [0.717, 1.165) is 61.7 Å². The molecule has 6 heteroatoms. The van der Waals surface area contributed by atoms with Gasteiger partial charge in [-0.05, 0) is 44.5 Å². The van der Waals surface area contributed by atoms with Gasteiger partial charge in [0.15, 0.2) is 5.82 Å². The molecule has 1 aromatic carbocycles. The van der Waals surface area contributed by atoms with E-state index in [1.807, 2.05) is 36.1 Å². The second kappa shape index (κ2) is 10.1. The minimum absolute atomic E-state index is 0.290. The lowest BCUT2D eigenvalue weighted by Gasteiger charge is -2.36. The summed E-state index contributed by atoms with van der Waals surface area (Å²) in [6.07, 6.45) is 5.23. The average molecular weight is 415 g/mol. The molecule has 156 valence electrons. The van der Waals surface area contributed by atoms with Crippen LogP contribution in [0.2, 0.25) is 5.02 Å². The number of hydrogen-bond donors (Lipinski definition) is 0. The Kier molecular flexibility index (Phi) is 7.48. The summed E-state index contributed by atoms with van der Waals surface area (Å²) in [6.45, 7) is 9.40. The monoisotopic (exact) mass is 414 g/mol. The Morgan fingerprint density at radius 2 is 1.69 bits per heavy atom. The Hall–Kier alpha value is -2.14. The summed E-state index contributed by atoms with van der Waals surface area (Å²) >= 11 is 6.01. The molecule has 1 fully saturated rings. The molecule has 0 unspecified atom stereocenters. The third-order valence-electron chi connectivity index (χ3n) is 5.64. The van der Waals surface area contributed by atoms with E-state index in [0.29, 0.717) is 17.3 Å². The standard InChI is InChI=1S/C23H31ClN4O/c1-4-5-6-7-8-21(29)27-13-15-28(16-14-27)23-17(2)18(3)25-22(26-23)19-9-11-20(24)12-10-19/h9-12H,4-8,13-16H2,1-3H3. The van der Waals surface area contributed by atoms with Crippen LogP contribution < -0.4 is 4.90 Å². The fourth-order valence-corrected chi connectivity index (χ4v) is 3.80. The predicted octanol–water partition coefficient (Wildman–Crippen LogP) is 5.03. The molecule has 0 atom stereocenters. The summed E-state index contributed by atoms with van der Waals surface area (Å²) in [5.41, 5.74) is 3.04. The fourth-order valence-electron chi connectivity index (χ4n) is 3.68. The zero-order valence-electron chi connectivity index (χ0n) is 17.7. The van der Waals surface area contributed by atoms with Crippen LogP contribution >= 0.6 is 11.6 Å². The maximum absolute atomic E-state index is 12.5. The van der Waals surface area contributed by atoms with Crippen LogP contribution in [0.3, 0.4) is 0 Å². The van der Waals surface area contributed by atoms with Crippen LogP contribution in [0.1, 0.15) is 50.3 Å². The second-order valence-electron chi connectivity index (χ2n) is 7.77. The number of benzene rings is 1. The normalized spacial score (nSPS) is 14.3. The maximum Gasteiger partial charge on any atom is 0.222 e. The molecule has 2 heterocycles. The van der Waals surface area contributed by atoms with Crippen molar-refractivity contribution in [2.24, 2.45) is 0 Å². The number of nitrogens with zero attached hydrogens (tertiary/aromatic N) is 4. The number of aryl methyl sites for hydroxylation is 1. The van der Waals surface area contributed by atoms with Crippen LogP contribution in [0, 0.1) is 13.8 Å². The molecule has 1 aliphatic heterocycles. The molecule has 1 aromatic heterocycles.